The lowest BCUT2D eigenvalue weighted by Gasteiger charge is -2.17. The van der Waals surface area contributed by atoms with Crippen molar-refractivity contribution in [3.63, 3.8) is 0 Å². The molecule has 0 aliphatic carbocycles. The van der Waals surface area contributed by atoms with Crippen LogP contribution in [0.4, 0.5) is 5.69 Å². The van der Waals surface area contributed by atoms with E-state index < -0.39 is 0 Å². The summed E-state index contributed by atoms with van der Waals surface area (Å²) in [5.74, 6) is 0.104. The minimum atomic E-state index is 0.0764. The van der Waals surface area contributed by atoms with Crippen LogP contribution in [-0.4, -0.2) is 29.1 Å². The molecule has 1 fully saturated rings. The maximum atomic E-state index is 12.0. The highest BCUT2D eigenvalue weighted by atomic mass is 32.2. The van der Waals surface area contributed by atoms with Crippen LogP contribution in [0, 0.1) is 0 Å². The first kappa shape index (κ1) is 13.5. The lowest BCUT2D eigenvalue weighted by molar-refractivity contribution is -0.117. The Morgan fingerprint density at radius 2 is 2.22 bits per heavy atom. The van der Waals surface area contributed by atoms with Crippen LogP contribution >= 0.6 is 23.5 Å². The zero-order valence-electron chi connectivity index (χ0n) is 10.4. The summed E-state index contributed by atoms with van der Waals surface area (Å²) in [5.41, 5.74) is 0.929. The Bertz CT molecular complexity index is 476. The van der Waals surface area contributed by atoms with Gasteiger partial charge in [-0.1, -0.05) is 17.8 Å². The zero-order chi connectivity index (χ0) is 13.1. The van der Waals surface area contributed by atoms with Crippen molar-refractivity contribution < 1.29 is 9.59 Å². The van der Waals surface area contributed by atoms with Gasteiger partial charge in [0.25, 0.3) is 0 Å². The molecule has 1 amide bonds. The molecule has 1 atom stereocenters. The third-order valence-electron chi connectivity index (χ3n) is 2.79. The summed E-state index contributed by atoms with van der Waals surface area (Å²) in [4.78, 5) is 26.0. The number of nitrogens with zero attached hydrogens (tertiary/aromatic N) is 1. The molecule has 0 bridgehead atoms. The fourth-order valence-corrected chi connectivity index (χ4v) is 3.39. The molecule has 1 saturated heterocycles. The number of carbonyl (C=O) groups excluding carboxylic acids is 2. The molecule has 0 spiro atoms. The van der Waals surface area contributed by atoms with E-state index in [1.807, 2.05) is 30.5 Å². The first-order chi connectivity index (χ1) is 8.60. The molecule has 0 N–H and O–H groups in total. The van der Waals surface area contributed by atoms with Gasteiger partial charge in [0.1, 0.15) is 0 Å². The molecule has 18 heavy (non-hydrogen) atoms. The maximum Gasteiger partial charge on any atom is 0.228 e. The van der Waals surface area contributed by atoms with Gasteiger partial charge in [-0.15, -0.1) is 11.8 Å². The van der Waals surface area contributed by atoms with Gasteiger partial charge in [0.15, 0.2) is 5.12 Å². The summed E-state index contributed by atoms with van der Waals surface area (Å²) in [6.07, 6.45) is 2.47. The molecule has 1 aromatic carbocycles. The molecule has 0 saturated carbocycles. The quantitative estimate of drug-likeness (QED) is 0.798. The van der Waals surface area contributed by atoms with E-state index in [1.54, 1.807) is 23.6 Å². The Balaban J connectivity index is 2.13. The van der Waals surface area contributed by atoms with Crippen molar-refractivity contribution >= 4 is 40.2 Å². The fourth-order valence-electron chi connectivity index (χ4n) is 2.02. The summed E-state index contributed by atoms with van der Waals surface area (Å²) in [6.45, 7) is 2.17. The van der Waals surface area contributed by atoms with Gasteiger partial charge in [-0.25, -0.2) is 0 Å². The van der Waals surface area contributed by atoms with Crippen LogP contribution in [-0.2, 0) is 9.59 Å². The summed E-state index contributed by atoms with van der Waals surface area (Å²) >= 11 is 2.92. The second kappa shape index (κ2) is 5.80. The summed E-state index contributed by atoms with van der Waals surface area (Å²) in [6, 6.07) is 7.94. The number of rotatable bonds is 3. The first-order valence-corrected chi connectivity index (χ1v) is 7.82. The van der Waals surface area contributed by atoms with E-state index in [0.29, 0.717) is 13.0 Å². The highest BCUT2D eigenvalue weighted by molar-refractivity contribution is 8.14. The van der Waals surface area contributed by atoms with Crippen LogP contribution in [0.3, 0.4) is 0 Å². The van der Waals surface area contributed by atoms with Crippen molar-refractivity contribution in [1.82, 2.24) is 0 Å². The van der Waals surface area contributed by atoms with Crippen molar-refractivity contribution in [3.05, 3.63) is 24.3 Å². The highest BCUT2D eigenvalue weighted by Gasteiger charge is 2.31. The molecule has 0 radical (unpaired) electrons. The number of thioether (sulfide) groups is 2. The zero-order valence-corrected chi connectivity index (χ0v) is 12.0. The van der Waals surface area contributed by atoms with Crippen LogP contribution in [0.25, 0.3) is 0 Å². The summed E-state index contributed by atoms with van der Waals surface area (Å²) in [5, 5.41) is 0.167. The molecule has 3 nitrogen and oxygen atoms in total. The molecule has 1 aromatic rings. The van der Waals surface area contributed by atoms with Crippen molar-refractivity contribution in [2.45, 2.75) is 23.5 Å². The van der Waals surface area contributed by atoms with E-state index in [9.17, 15) is 9.59 Å². The van der Waals surface area contributed by atoms with E-state index >= 15 is 0 Å². The van der Waals surface area contributed by atoms with Gasteiger partial charge in [-0.05, 0) is 24.5 Å². The van der Waals surface area contributed by atoms with E-state index in [0.717, 1.165) is 10.6 Å². The van der Waals surface area contributed by atoms with E-state index in [-0.39, 0.29) is 16.3 Å². The predicted octanol–water partition coefficient (Wildman–Crippen LogP) is 2.79. The van der Waals surface area contributed by atoms with E-state index in [4.69, 9.17) is 0 Å². The van der Waals surface area contributed by atoms with Gasteiger partial charge in [0, 0.05) is 35.7 Å². The standard InChI is InChI=1S/C13H15NO2S2/c1-9(15)18-12-7-13(16)14(8-12)10-4-3-5-11(6-10)17-2/h3-6,12H,7-8H2,1-2H3. The third kappa shape index (κ3) is 3.09. The van der Waals surface area contributed by atoms with E-state index in [2.05, 4.69) is 0 Å². The average Bonchev–Trinajstić information content (AvgIpc) is 2.69. The lowest BCUT2D eigenvalue weighted by Crippen LogP contribution is -2.24. The Kier molecular flexibility index (Phi) is 4.35. The second-order valence-corrected chi connectivity index (χ2v) is 6.50. The smallest absolute Gasteiger partial charge is 0.228 e. The number of carbonyl (C=O) groups is 2. The molecule has 1 heterocycles. The molecule has 2 rings (SSSR count). The Morgan fingerprint density at radius 3 is 2.89 bits per heavy atom. The number of benzene rings is 1. The number of amides is 1. The van der Waals surface area contributed by atoms with Crippen molar-refractivity contribution in [3.8, 4) is 0 Å². The lowest BCUT2D eigenvalue weighted by atomic mass is 10.3. The van der Waals surface area contributed by atoms with Crippen LogP contribution in [0.2, 0.25) is 0 Å². The molecular weight excluding hydrogens is 266 g/mol. The number of anilines is 1. The SMILES string of the molecule is CSc1cccc(N2CC(SC(C)=O)CC2=O)c1. The van der Waals surface area contributed by atoms with Gasteiger partial charge >= 0.3 is 0 Å². The summed E-state index contributed by atoms with van der Waals surface area (Å²) < 4.78 is 0. The fraction of sp³-hybridized carbons (Fsp3) is 0.385. The molecule has 1 unspecified atom stereocenters. The Labute approximate surface area is 115 Å². The van der Waals surface area contributed by atoms with E-state index in [1.165, 1.54) is 11.8 Å². The predicted molar refractivity (Wildman–Crippen MR) is 77.3 cm³/mol. The van der Waals surface area contributed by atoms with Gasteiger partial charge in [-0.2, -0.15) is 0 Å². The number of hydrogen-bond acceptors (Lipinski definition) is 4. The maximum absolute atomic E-state index is 12.0. The van der Waals surface area contributed by atoms with Crippen LogP contribution in [0.5, 0.6) is 0 Å². The Morgan fingerprint density at radius 1 is 1.44 bits per heavy atom. The monoisotopic (exact) mass is 281 g/mol. The molecule has 5 heteroatoms. The average molecular weight is 281 g/mol. The minimum absolute atomic E-state index is 0.0764. The third-order valence-corrected chi connectivity index (χ3v) is 4.49. The van der Waals surface area contributed by atoms with Gasteiger partial charge in [-0.3, -0.25) is 9.59 Å². The molecule has 96 valence electrons. The van der Waals surface area contributed by atoms with Gasteiger partial charge in [0.2, 0.25) is 5.91 Å². The van der Waals surface area contributed by atoms with Crippen molar-refractivity contribution in [2.75, 3.05) is 17.7 Å². The van der Waals surface area contributed by atoms with Gasteiger partial charge in [0.05, 0.1) is 0 Å². The van der Waals surface area contributed by atoms with Crippen LogP contribution in [0.1, 0.15) is 13.3 Å². The van der Waals surface area contributed by atoms with Crippen LogP contribution in [0.15, 0.2) is 29.2 Å². The molecule has 1 aliphatic rings. The van der Waals surface area contributed by atoms with Crippen LogP contribution < -0.4 is 4.90 Å². The molecule has 0 aromatic heterocycles. The van der Waals surface area contributed by atoms with Crippen molar-refractivity contribution in [1.29, 1.82) is 0 Å². The molecular formula is C13H15NO2S2. The summed E-state index contributed by atoms with van der Waals surface area (Å²) in [7, 11) is 0. The molecule has 1 aliphatic heterocycles. The normalized spacial score (nSPS) is 19.3. The topological polar surface area (TPSA) is 37.4 Å². The first-order valence-electron chi connectivity index (χ1n) is 5.72. The minimum Gasteiger partial charge on any atom is -0.311 e. The van der Waals surface area contributed by atoms with Gasteiger partial charge < -0.3 is 4.90 Å². The Hall–Kier alpha value is -0.940. The highest BCUT2D eigenvalue weighted by Crippen LogP contribution is 2.30. The number of hydrogen-bond donors (Lipinski definition) is 0. The van der Waals surface area contributed by atoms with Crippen molar-refractivity contribution in [2.24, 2.45) is 0 Å². The second-order valence-electron chi connectivity index (χ2n) is 4.14. The largest absolute Gasteiger partial charge is 0.311 e.